The van der Waals surface area contributed by atoms with E-state index in [1.54, 1.807) is 6.20 Å². The van der Waals surface area contributed by atoms with Crippen LogP contribution >= 0.6 is 12.4 Å². The molecular formula is C14H19ClN2O2. The third-order valence-electron chi connectivity index (χ3n) is 2.58. The van der Waals surface area contributed by atoms with Gasteiger partial charge in [0, 0.05) is 18.1 Å². The SMILES string of the molecule is CC(C)(C)OC(=O)n1ccc2cc(CN)ccc21.Cl. The summed E-state index contributed by atoms with van der Waals surface area (Å²) in [6.45, 7) is 6.04. The minimum absolute atomic E-state index is 0. The van der Waals surface area contributed by atoms with Gasteiger partial charge in [0.15, 0.2) is 0 Å². The summed E-state index contributed by atoms with van der Waals surface area (Å²) < 4.78 is 6.86. The first kappa shape index (κ1) is 15.5. The smallest absolute Gasteiger partial charge is 0.418 e. The van der Waals surface area contributed by atoms with Crippen LogP contribution in [-0.4, -0.2) is 16.3 Å². The lowest BCUT2D eigenvalue weighted by Gasteiger charge is -2.19. The van der Waals surface area contributed by atoms with Gasteiger partial charge in [-0.15, -0.1) is 12.4 Å². The third-order valence-corrected chi connectivity index (χ3v) is 2.58. The van der Waals surface area contributed by atoms with Crippen LogP contribution in [0.15, 0.2) is 30.5 Å². The molecule has 104 valence electrons. The number of nitrogens with zero attached hydrogens (tertiary/aromatic N) is 1. The van der Waals surface area contributed by atoms with E-state index in [0.717, 1.165) is 16.5 Å². The molecule has 1 heterocycles. The van der Waals surface area contributed by atoms with E-state index in [0.29, 0.717) is 6.54 Å². The van der Waals surface area contributed by atoms with E-state index in [1.165, 1.54) is 4.57 Å². The van der Waals surface area contributed by atoms with Gasteiger partial charge in [0.2, 0.25) is 0 Å². The molecule has 0 atom stereocenters. The molecule has 1 aromatic heterocycles. The van der Waals surface area contributed by atoms with Crippen molar-refractivity contribution in [3.63, 3.8) is 0 Å². The summed E-state index contributed by atoms with van der Waals surface area (Å²) >= 11 is 0. The lowest BCUT2D eigenvalue weighted by Crippen LogP contribution is -2.26. The van der Waals surface area contributed by atoms with Crippen molar-refractivity contribution >= 4 is 29.4 Å². The number of fused-ring (bicyclic) bond motifs is 1. The Morgan fingerprint density at radius 2 is 2.00 bits per heavy atom. The number of ether oxygens (including phenoxy) is 1. The van der Waals surface area contributed by atoms with Crippen molar-refractivity contribution in [1.29, 1.82) is 0 Å². The van der Waals surface area contributed by atoms with Crippen LogP contribution < -0.4 is 5.73 Å². The van der Waals surface area contributed by atoms with E-state index in [-0.39, 0.29) is 18.5 Å². The fourth-order valence-electron chi connectivity index (χ4n) is 1.79. The number of nitrogens with two attached hydrogens (primary N) is 1. The summed E-state index contributed by atoms with van der Waals surface area (Å²) in [5.41, 5.74) is 6.98. The molecule has 19 heavy (non-hydrogen) atoms. The van der Waals surface area contributed by atoms with Gasteiger partial charge in [-0.05, 0) is 44.5 Å². The fraction of sp³-hybridized carbons (Fsp3) is 0.357. The molecule has 0 bridgehead atoms. The van der Waals surface area contributed by atoms with Crippen molar-refractivity contribution < 1.29 is 9.53 Å². The van der Waals surface area contributed by atoms with Crippen molar-refractivity contribution in [2.24, 2.45) is 5.73 Å². The van der Waals surface area contributed by atoms with Crippen LogP contribution in [0.1, 0.15) is 26.3 Å². The van der Waals surface area contributed by atoms with Gasteiger partial charge in [0.1, 0.15) is 5.60 Å². The van der Waals surface area contributed by atoms with Crippen LogP contribution in [-0.2, 0) is 11.3 Å². The molecule has 0 amide bonds. The Hall–Kier alpha value is -1.52. The second kappa shape index (κ2) is 5.63. The molecule has 2 N–H and O–H groups in total. The Labute approximate surface area is 118 Å². The number of carbonyl (C=O) groups is 1. The maximum atomic E-state index is 12.0. The van der Waals surface area contributed by atoms with Crippen molar-refractivity contribution in [2.75, 3.05) is 0 Å². The number of carbonyl (C=O) groups excluding carboxylic acids is 1. The molecule has 1 aromatic carbocycles. The highest BCUT2D eigenvalue weighted by Gasteiger charge is 2.18. The van der Waals surface area contributed by atoms with Crippen molar-refractivity contribution in [3.05, 3.63) is 36.0 Å². The molecular weight excluding hydrogens is 264 g/mol. The van der Waals surface area contributed by atoms with Gasteiger partial charge in [-0.1, -0.05) is 6.07 Å². The second-order valence-corrected chi connectivity index (χ2v) is 5.26. The Balaban J connectivity index is 0.00000180. The van der Waals surface area contributed by atoms with Gasteiger partial charge >= 0.3 is 6.09 Å². The molecule has 0 aliphatic rings. The summed E-state index contributed by atoms with van der Waals surface area (Å²) in [4.78, 5) is 12.0. The van der Waals surface area contributed by atoms with E-state index < -0.39 is 5.60 Å². The first-order chi connectivity index (χ1) is 8.40. The Bertz CT molecular complexity index is 585. The zero-order valence-electron chi connectivity index (χ0n) is 11.3. The lowest BCUT2D eigenvalue weighted by molar-refractivity contribution is 0.0544. The Morgan fingerprint density at radius 3 is 2.58 bits per heavy atom. The number of aromatic nitrogens is 1. The summed E-state index contributed by atoms with van der Waals surface area (Å²) in [6.07, 6.45) is 1.36. The van der Waals surface area contributed by atoms with Gasteiger partial charge in [-0.2, -0.15) is 0 Å². The molecule has 5 heteroatoms. The van der Waals surface area contributed by atoms with Crippen molar-refractivity contribution in [1.82, 2.24) is 4.57 Å². The van der Waals surface area contributed by atoms with Crippen LogP contribution in [0.4, 0.5) is 4.79 Å². The predicted molar refractivity (Wildman–Crippen MR) is 78.7 cm³/mol. The van der Waals surface area contributed by atoms with E-state index in [2.05, 4.69) is 0 Å². The van der Waals surface area contributed by atoms with Crippen molar-refractivity contribution in [2.45, 2.75) is 32.9 Å². The summed E-state index contributed by atoms with van der Waals surface area (Å²) in [6, 6.07) is 7.68. The zero-order chi connectivity index (χ0) is 13.3. The van der Waals surface area contributed by atoms with E-state index >= 15 is 0 Å². The predicted octanol–water partition coefficient (Wildman–Crippen LogP) is 3.31. The quantitative estimate of drug-likeness (QED) is 0.873. The molecule has 0 aliphatic heterocycles. The lowest BCUT2D eigenvalue weighted by atomic mass is 10.1. The summed E-state index contributed by atoms with van der Waals surface area (Å²) in [5, 5.41) is 0.990. The van der Waals surface area contributed by atoms with Crippen molar-refractivity contribution in [3.8, 4) is 0 Å². The van der Waals surface area contributed by atoms with Gasteiger partial charge in [0.05, 0.1) is 5.52 Å². The number of halogens is 1. The molecule has 0 fully saturated rings. The highest BCUT2D eigenvalue weighted by atomic mass is 35.5. The minimum atomic E-state index is -0.495. The average Bonchev–Trinajstić information content (AvgIpc) is 2.69. The largest absolute Gasteiger partial charge is 0.443 e. The molecule has 0 saturated heterocycles. The van der Waals surface area contributed by atoms with E-state index in [1.807, 2.05) is 45.0 Å². The summed E-state index contributed by atoms with van der Waals surface area (Å²) in [5.74, 6) is 0. The number of hydrogen-bond acceptors (Lipinski definition) is 3. The fourth-order valence-corrected chi connectivity index (χ4v) is 1.79. The molecule has 0 radical (unpaired) electrons. The second-order valence-electron chi connectivity index (χ2n) is 5.26. The molecule has 0 spiro atoms. The van der Waals surface area contributed by atoms with Crippen LogP contribution in [0.5, 0.6) is 0 Å². The van der Waals surface area contributed by atoms with E-state index in [9.17, 15) is 4.79 Å². The monoisotopic (exact) mass is 282 g/mol. The first-order valence-corrected chi connectivity index (χ1v) is 5.94. The van der Waals surface area contributed by atoms with Gasteiger partial charge in [0.25, 0.3) is 0 Å². The normalized spacial score (nSPS) is 11.2. The number of benzene rings is 1. The highest BCUT2D eigenvalue weighted by molar-refractivity contribution is 5.89. The molecule has 0 saturated carbocycles. The van der Waals surface area contributed by atoms with Gasteiger partial charge in [-0.25, -0.2) is 4.79 Å². The van der Waals surface area contributed by atoms with Crippen LogP contribution in [0.25, 0.3) is 10.9 Å². The Morgan fingerprint density at radius 1 is 1.32 bits per heavy atom. The number of rotatable bonds is 1. The molecule has 0 unspecified atom stereocenters. The van der Waals surface area contributed by atoms with Crippen LogP contribution in [0.3, 0.4) is 0 Å². The van der Waals surface area contributed by atoms with Gasteiger partial charge < -0.3 is 10.5 Å². The maximum absolute atomic E-state index is 12.0. The first-order valence-electron chi connectivity index (χ1n) is 5.94. The number of hydrogen-bond donors (Lipinski definition) is 1. The Kier molecular flexibility index (Phi) is 4.61. The highest BCUT2D eigenvalue weighted by Crippen LogP contribution is 2.19. The molecule has 4 nitrogen and oxygen atoms in total. The summed E-state index contributed by atoms with van der Waals surface area (Å²) in [7, 11) is 0. The van der Waals surface area contributed by atoms with Crippen LogP contribution in [0, 0.1) is 0 Å². The topological polar surface area (TPSA) is 57.2 Å². The zero-order valence-corrected chi connectivity index (χ0v) is 12.2. The van der Waals surface area contributed by atoms with Gasteiger partial charge in [-0.3, -0.25) is 4.57 Å². The molecule has 2 rings (SSSR count). The minimum Gasteiger partial charge on any atom is -0.443 e. The van der Waals surface area contributed by atoms with Crippen LogP contribution in [0.2, 0.25) is 0 Å². The van der Waals surface area contributed by atoms with E-state index in [4.69, 9.17) is 10.5 Å². The average molecular weight is 283 g/mol. The molecule has 0 aliphatic carbocycles. The standard InChI is InChI=1S/C14H18N2O2.ClH/c1-14(2,3)18-13(17)16-7-6-11-8-10(9-15)4-5-12(11)16;/h4-8H,9,15H2,1-3H3;1H. The maximum Gasteiger partial charge on any atom is 0.418 e. The molecule has 2 aromatic rings. The third kappa shape index (κ3) is 3.49.